The predicted octanol–water partition coefficient (Wildman–Crippen LogP) is 2.53. The molecule has 0 heterocycles. The normalized spacial score (nSPS) is 14.0. The van der Waals surface area contributed by atoms with Crippen molar-refractivity contribution in [3.8, 4) is 0 Å². The Balaban J connectivity index is 3.02. The van der Waals surface area contributed by atoms with Crippen LogP contribution in [0, 0.1) is 0 Å². The van der Waals surface area contributed by atoms with Crippen molar-refractivity contribution in [3.63, 3.8) is 0 Å². The van der Waals surface area contributed by atoms with Gasteiger partial charge in [0.2, 0.25) is 5.91 Å². The van der Waals surface area contributed by atoms with Crippen LogP contribution in [0.5, 0.6) is 0 Å². The first kappa shape index (κ1) is 18.0. The average Bonchev–Trinajstić information content (AvgIpc) is 2.40. The van der Waals surface area contributed by atoms with Crippen LogP contribution < -0.4 is 5.73 Å². The minimum atomic E-state index is -0.0762. The summed E-state index contributed by atoms with van der Waals surface area (Å²) in [4.78, 5) is 15.8. The Bertz CT molecular complexity index is 445. The lowest BCUT2D eigenvalue weighted by Gasteiger charge is -2.34. The van der Waals surface area contributed by atoms with Gasteiger partial charge in [-0.05, 0) is 37.6 Å². The van der Waals surface area contributed by atoms with Gasteiger partial charge < -0.3 is 10.6 Å². The van der Waals surface area contributed by atoms with Crippen molar-refractivity contribution in [1.29, 1.82) is 0 Å². The molecule has 1 amide bonds. The van der Waals surface area contributed by atoms with Crippen LogP contribution in [0.1, 0.15) is 31.9 Å². The third kappa shape index (κ3) is 5.30. The van der Waals surface area contributed by atoms with E-state index in [2.05, 4.69) is 11.8 Å². The molecule has 0 saturated carbocycles. The second-order valence-corrected chi connectivity index (χ2v) is 6.05. The van der Waals surface area contributed by atoms with E-state index in [0.717, 1.165) is 18.5 Å². The van der Waals surface area contributed by atoms with Gasteiger partial charge in [0, 0.05) is 25.2 Å². The summed E-state index contributed by atoms with van der Waals surface area (Å²) in [6.45, 7) is 5.28. The molecule has 5 heteroatoms. The standard InChI is InChI=1S/C16H26ClN3O/c1-5-10-20(11-15(21)19(3)4)16(12(2)18)13-6-8-14(17)9-7-13/h6-9,12,16H,5,10-11,18H2,1-4H3. The molecule has 0 radical (unpaired) electrons. The fraction of sp³-hybridized carbons (Fsp3) is 0.562. The van der Waals surface area contributed by atoms with Gasteiger partial charge in [-0.15, -0.1) is 0 Å². The summed E-state index contributed by atoms with van der Waals surface area (Å²) in [5.74, 6) is 0.0862. The van der Waals surface area contributed by atoms with Crippen LogP contribution in [0.25, 0.3) is 0 Å². The number of nitrogens with two attached hydrogens (primary N) is 1. The average molecular weight is 312 g/mol. The lowest BCUT2D eigenvalue weighted by Crippen LogP contribution is -2.44. The maximum Gasteiger partial charge on any atom is 0.236 e. The third-order valence-electron chi connectivity index (χ3n) is 3.45. The highest BCUT2D eigenvalue weighted by molar-refractivity contribution is 6.30. The second-order valence-electron chi connectivity index (χ2n) is 5.61. The summed E-state index contributed by atoms with van der Waals surface area (Å²) in [6.07, 6.45) is 0.970. The van der Waals surface area contributed by atoms with Gasteiger partial charge in [-0.3, -0.25) is 9.69 Å². The van der Waals surface area contributed by atoms with Crippen molar-refractivity contribution < 1.29 is 4.79 Å². The van der Waals surface area contributed by atoms with Gasteiger partial charge in [0.25, 0.3) is 0 Å². The van der Waals surface area contributed by atoms with Gasteiger partial charge in [-0.2, -0.15) is 0 Å². The summed E-state index contributed by atoms with van der Waals surface area (Å²) in [5.41, 5.74) is 7.28. The van der Waals surface area contributed by atoms with Crippen molar-refractivity contribution in [1.82, 2.24) is 9.80 Å². The van der Waals surface area contributed by atoms with Crippen LogP contribution in [0.2, 0.25) is 5.02 Å². The number of likely N-dealkylation sites (N-methyl/N-ethyl adjacent to an activating group) is 1. The minimum absolute atomic E-state index is 0.00566. The number of amides is 1. The smallest absolute Gasteiger partial charge is 0.236 e. The van der Waals surface area contributed by atoms with E-state index in [1.165, 1.54) is 0 Å². The largest absolute Gasteiger partial charge is 0.348 e. The first-order valence-corrected chi connectivity index (χ1v) is 7.69. The van der Waals surface area contributed by atoms with Crippen LogP contribution in [-0.2, 0) is 4.79 Å². The van der Waals surface area contributed by atoms with Crippen LogP contribution in [0.3, 0.4) is 0 Å². The van der Waals surface area contributed by atoms with Crippen molar-refractivity contribution >= 4 is 17.5 Å². The number of carbonyl (C=O) groups is 1. The van der Waals surface area contributed by atoms with E-state index >= 15 is 0 Å². The third-order valence-corrected chi connectivity index (χ3v) is 3.70. The molecule has 1 aromatic rings. The molecule has 21 heavy (non-hydrogen) atoms. The lowest BCUT2D eigenvalue weighted by molar-refractivity contribution is -0.130. The zero-order valence-corrected chi connectivity index (χ0v) is 14.1. The molecule has 0 aliphatic carbocycles. The molecule has 2 unspecified atom stereocenters. The number of carbonyl (C=O) groups excluding carboxylic acids is 1. The maximum atomic E-state index is 12.1. The van der Waals surface area contributed by atoms with Crippen molar-refractivity contribution in [3.05, 3.63) is 34.9 Å². The Labute approximate surface area is 132 Å². The molecule has 0 aliphatic heterocycles. The van der Waals surface area contributed by atoms with E-state index in [4.69, 9.17) is 17.3 Å². The summed E-state index contributed by atoms with van der Waals surface area (Å²) >= 11 is 5.96. The molecule has 0 saturated heterocycles. The molecule has 0 aromatic heterocycles. The predicted molar refractivity (Wildman–Crippen MR) is 88.4 cm³/mol. The van der Waals surface area contributed by atoms with Gasteiger partial charge >= 0.3 is 0 Å². The molecule has 118 valence electrons. The Hall–Kier alpha value is -1.10. The number of benzene rings is 1. The highest BCUT2D eigenvalue weighted by Gasteiger charge is 2.25. The monoisotopic (exact) mass is 311 g/mol. The Morgan fingerprint density at radius 3 is 2.29 bits per heavy atom. The minimum Gasteiger partial charge on any atom is -0.348 e. The number of halogens is 1. The summed E-state index contributed by atoms with van der Waals surface area (Å²) in [6, 6.07) is 7.63. The second kappa shape index (κ2) is 8.37. The molecule has 1 rings (SSSR count). The molecule has 0 spiro atoms. The van der Waals surface area contributed by atoms with Crippen molar-refractivity contribution in [2.24, 2.45) is 5.73 Å². The fourth-order valence-corrected chi connectivity index (χ4v) is 2.55. The van der Waals surface area contributed by atoms with E-state index in [9.17, 15) is 4.79 Å². The molecule has 2 atom stereocenters. The van der Waals surface area contributed by atoms with Crippen LogP contribution >= 0.6 is 11.6 Å². The Morgan fingerprint density at radius 1 is 1.29 bits per heavy atom. The maximum absolute atomic E-state index is 12.1. The number of hydrogen-bond acceptors (Lipinski definition) is 3. The Kier molecular flexibility index (Phi) is 7.15. The molecular weight excluding hydrogens is 286 g/mol. The number of rotatable bonds is 7. The summed E-state index contributed by atoms with van der Waals surface area (Å²) < 4.78 is 0. The quantitative estimate of drug-likeness (QED) is 0.842. The van der Waals surface area contributed by atoms with Gasteiger partial charge in [-0.25, -0.2) is 0 Å². The van der Waals surface area contributed by atoms with Crippen molar-refractivity contribution in [2.45, 2.75) is 32.4 Å². The highest BCUT2D eigenvalue weighted by atomic mass is 35.5. The molecule has 4 nitrogen and oxygen atoms in total. The zero-order valence-electron chi connectivity index (χ0n) is 13.3. The SMILES string of the molecule is CCCN(CC(=O)N(C)C)C(c1ccc(Cl)cc1)C(C)N. The van der Waals surface area contributed by atoms with Gasteiger partial charge in [0.1, 0.15) is 0 Å². The molecule has 1 aromatic carbocycles. The van der Waals surface area contributed by atoms with Crippen LogP contribution in [0.15, 0.2) is 24.3 Å². The topological polar surface area (TPSA) is 49.6 Å². The van der Waals surface area contributed by atoms with Crippen LogP contribution in [0.4, 0.5) is 0 Å². The first-order valence-electron chi connectivity index (χ1n) is 7.32. The van der Waals surface area contributed by atoms with E-state index in [1.807, 2.05) is 31.2 Å². The van der Waals surface area contributed by atoms with E-state index in [1.54, 1.807) is 19.0 Å². The van der Waals surface area contributed by atoms with E-state index in [0.29, 0.717) is 11.6 Å². The molecule has 0 aliphatic rings. The molecule has 0 fully saturated rings. The summed E-state index contributed by atoms with van der Waals surface area (Å²) in [7, 11) is 3.55. The highest BCUT2D eigenvalue weighted by Crippen LogP contribution is 2.25. The number of nitrogens with zero attached hydrogens (tertiary/aromatic N) is 2. The summed E-state index contributed by atoms with van der Waals surface area (Å²) in [5, 5.41) is 0.702. The van der Waals surface area contributed by atoms with Gasteiger partial charge in [-0.1, -0.05) is 30.7 Å². The number of hydrogen-bond donors (Lipinski definition) is 1. The molecule has 0 bridgehead atoms. The van der Waals surface area contributed by atoms with Gasteiger partial charge in [0.15, 0.2) is 0 Å². The fourth-order valence-electron chi connectivity index (χ4n) is 2.43. The zero-order chi connectivity index (χ0) is 16.0. The lowest BCUT2D eigenvalue weighted by atomic mass is 9.99. The molecular formula is C16H26ClN3O. The van der Waals surface area contributed by atoms with E-state index < -0.39 is 0 Å². The Morgan fingerprint density at radius 2 is 1.86 bits per heavy atom. The van der Waals surface area contributed by atoms with E-state index in [-0.39, 0.29) is 18.0 Å². The van der Waals surface area contributed by atoms with Crippen LogP contribution in [-0.4, -0.2) is 48.9 Å². The van der Waals surface area contributed by atoms with Gasteiger partial charge in [0.05, 0.1) is 12.6 Å². The molecule has 2 N–H and O–H groups in total. The first-order chi connectivity index (χ1) is 9.86. The van der Waals surface area contributed by atoms with Crippen molar-refractivity contribution in [2.75, 3.05) is 27.2 Å².